The molecule has 148 valence electrons. The van der Waals surface area contributed by atoms with E-state index in [4.69, 9.17) is 9.47 Å². The minimum atomic E-state index is -0.457. The van der Waals surface area contributed by atoms with Crippen molar-refractivity contribution in [3.05, 3.63) is 23.8 Å². The van der Waals surface area contributed by atoms with E-state index in [-0.39, 0.29) is 5.91 Å². The molecule has 1 aromatic carbocycles. The van der Waals surface area contributed by atoms with Crippen molar-refractivity contribution in [3.8, 4) is 11.5 Å². The molecule has 0 saturated heterocycles. The molecule has 4 nitrogen and oxygen atoms in total. The molecule has 0 aliphatic rings. The van der Waals surface area contributed by atoms with Crippen molar-refractivity contribution in [1.82, 2.24) is 5.32 Å². The molecule has 6 heteroatoms. The van der Waals surface area contributed by atoms with Crippen LogP contribution in [0.3, 0.4) is 0 Å². The Balaban J connectivity index is 2.46. The van der Waals surface area contributed by atoms with Crippen molar-refractivity contribution in [2.75, 3.05) is 7.11 Å². The summed E-state index contributed by atoms with van der Waals surface area (Å²) in [7, 11) is 2.95. The van der Waals surface area contributed by atoms with Crippen LogP contribution in [0.15, 0.2) is 18.2 Å². The van der Waals surface area contributed by atoms with E-state index in [0.717, 1.165) is 24.3 Å². The first-order valence-electron chi connectivity index (χ1n) is 9.22. The second kappa shape index (κ2) is 11.7. The van der Waals surface area contributed by atoms with Gasteiger partial charge in [-0.3, -0.25) is 4.79 Å². The van der Waals surface area contributed by atoms with E-state index >= 15 is 0 Å². The summed E-state index contributed by atoms with van der Waals surface area (Å²) in [5.41, 5.74) is 0.985. The molecule has 0 radical (unpaired) electrons. The quantitative estimate of drug-likeness (QED) is 0.207. The van der Waals surface area contributed by atoms with E-state index in [9.17, 15) is 4.79 Å². The van der Waals surface area contributed by atoms with Gasteiger partial charge in [0, 0.05) is 13.0 Å². The van der Waals surface area contributed by atoms with E-state index in [1.54, 1.807) is 7.11 Å². The molecule has 0 unspecified atom stereocenters. The fourth-order valence-corrected chi connectivity index (χ4v) is 2.73. The summed E-state index contributed by atoms with van der Waals surface area (Å²) < 4.78 is 11.3. The van der Waals surface area contributed by atoms with Crippen molar-refractivity contribution in [1.29, 1.82) is 0 Å². The van der Waals surface area contributed by atoms with Gasteiger partial charge in [0.2, 0.25) is 5.91 Å². The van der Waals surface area contributed by atoms with E-state index < -0.39 is 4.93 Å². The molecule has 0 aliphatic carbocycles. The van der Waals surface area contributed by atoms with Gasteiger partial charge in [-0.05, 0) is 43.9 Å². The molecule has 1 amide bonds. The molecular weight excluding hydrogens is 366 g/mol. The predicted octanol–water partition coefficient (Wildman–Crippen LogP) is 5.61. The van der Waals surface area contributed by atoms with Crippen LogP contribution >= 0.6 is 22.5 Å². The smallest absolute Gasteiger partial charge is 0.220 e. The lowest BCUT2D eigenvalue weighted by molar-refractivity contribution is -0.121. The van der Waals surface area contributed by atoms with Crippen LogP contribution in [-0.2, 0) is 11.3 Å². The number of carbonyl (C=O) groups excluding carboxylic acids is 1. The Morgan fingerprint density at radius 2 is 1.96 bits per heavy atom. The summed E-state index contributed by atoms with van der Waals surface area (Å²) >= 11 is 4.23. The molecule has 0 heterocycles. The standard InChI is InChI=1S/C20H33NO3S2/c1-15(2)9-7-6-8-10-19(22)21-14-16-11-12-17(18(13-16)23-5)24-20(3,4)26-25/h11-13,15,25H,6-10,14H2,1-5H3,(H,21,22). The van der Waals surface area contributed by atoms with Gasteiger partial charge < -0.3 is 14.8 Å². The molecule has 1 N–H and O–H groups in total. The molecule has 0 bridgehead atoms. The summed E-state index contributed by atoms with van der Waals surface area (Å²) in [4.78, 5) is 11.5. The van der Waals surface area contributed by atoms with Gasteiger partial charge >= 0.3 is 0 Å². The predicted molar refractivity (Wildman–Crippen MR) is 114 cm³/mol. The van der Waals surface area contributed by atoms with E-state index in [2.05, 4.69) is 30.8 Å². The first kappa shape index (κ1) is 23.0. The van der Waals surface area contributed by atoms with Crippen LogP contribution in [0.5, 0.6) is 11.5 Å². The molecule has 1 rings (SSSR count). The number of ether oxygens (including phenoxy) is 2. The van der Waals surface area contributed by atoms with Crippen molar-refractivity contribution >= 4 is 28.4 Å². The number of thiol groups is 1. The van der Waals surface area contributed by atoms with E-state index in [0.29, 0.717) is 24.5 Å². The third kappa shape index (κ3) is 9.08. The van der Waals surface area contributed by atoms with Gasteiger partial charge in [-0.15, -0.1) is 11.7 Å². The van der Waals surface area contributed by atoms with Crippen molar-refractivity contribution in [2.24, 2.45) is 5.92 Å². The molecule has 0 aromatic heterocycles. The van der Waals surface area contributed by atoms with E-state index in [1.807, 2.05) is 32.0 Å². The number of methoxy groups -OCH3 is 1. The molecule has 0 fully saturated rings. The average Bonchev–Trinajstić information content (AvgIpc) is 2.60. The first-order valence-corrected chi connectivity index (χ1v) is 11.1. The van der Waals surface area contributed by atoms with E-state index in [1.165, 1.54) is 23.6 Å². The Bertz CT molecular complexity index is 562. The summed E-state index contributed by atoms with van der Waals surface area (Å²) in [6.07, 6.45) is 5.09. The van der Waals surface area contributed by atoms with Gasteiger partial charge in [0.15, 0.2) is 16.4 Å². The second-order valence-corrected chi connectivity index (χ2v) is 9.06. The van der Waals surface area contributed by atoms with Gasteiger partial charge in [-0.25, -0.2) is 0 Å². The fourth-order valence-electron chi connectivity index (χ4n) is 2.49. The summed E-state index contributed by atoms with van der Waals surface area (Å²) in [6, 6.07) is 5.72. The number of carbonyl (C=O) groups is 1. The number of nitrogens with one attached hydrogen (secondary N) is 1. The number of amides is 1. The zero-order chi connectivity index (χ0) is 19.6. The van der Waals surface area contributed by atoms with Crippen LogP contribution in [0, 0.1) is 5.92 Å². The normalized spacial score (nSPS) is 11.5. The van der Waals surface area contributed by atoms with Crippen LogP contribution in [0.1, 0.15) is 65.4 Å². The molecule has 0 saturated carbocycles. The third-order valence-corrected chi connectivity index (χ3v) is 5.82. The van der Waals surface area contributed by atoms with Crippen LogP contribution in [-0.4, -0.2) is 18.0 Å². The average molecular weight is 400 g/mol. The minimum Gasteiger partial charge on any atom is -0.493 e. The maximum absolute atomic E-state index is 12.0. The molecule has 0 spiro atoms. The monoisotopic (exact) mass is 399 g/mol. The highest BCUT2D eigenvalue weighted by atomic mass is 33.1. The lowest BCUT2D eigenvalue weighted by Gasteiger charge is -2.24. The zero-order valence-corrected chi connectivity index (χ0v) is 18.3. The van der Waals surface area contributed by atoms with Crippen LogP contribution in [0.25, 0.3) is 0 Å². The number of benzene rings is 1. The molecule has 0 aliphatic heterocycles. The number of hydrogen-bond donors (Lipinski definition) is 2. The largest absolute Gasteiger partial charge is 0.493 e. The molecule has 0 atom stereocenters. The number of hydrogen-bond acceptors (Lipinski definition) is 5. The number of rotatable bonds is 12. The summed E-state index contributed by atoms with van der Waals surface area (Å²) in [6.45, 7) is 8.84. The lowest BCUT2D eigenvalue weighted by atomic mass is 10.0. The Labute approximate surface area is 167 Å². The Kier molecular flexibility index (Phi) is 10.3. The summed E-state index contributed by atoms with van der Waals surface area (Å²) in [5.74, 6) is 2.16. The molecule has 26 heavy (non-hydrogen) atoms. The molecule has 1 aromatic rings. The first-order chi connectivity index (χ1) is 12.3. The van der Waals surface area contributed by atoms with Gasteiger partial charge in [0.05, 0.1) is 7.11 Å². The Morgan fingerprint density at radius 1 is 1.23 bits per heavy atom. The SMILES string of the molecule is COc1cc(CNC(=O)CCCCCC(C)C)ccc1OC(C)(C)SS. The van der Waals surface area contributed by atoms with Crippen molar-refractivity contribution < 1.29 is 14.3 Å². The van der Waals surface area contributed by atoms with Gasteiger partial charge in [0.25, 0.3) is 0 Å². The van der Waals surface area contributed by atoms with Crippen molar-refractivity contribution in [3.63, 3.8) is 0 Å². The van der Waals surface area contributed by atoms with Crippen LogP contribution < -0.4 is 14.8 Å². The summed E-state index contributed by atoms with van der Waals surface area (Å²) in [5, 5.41) is 2.98. The zero-order valence-electron chi connectivity index (χ0n) is 16.6. The van der Waals surface area contributed by atoms with Gasteiger partial charge in [0.1, 0.15) is 0 Å². The topological polar surface area (TPSA) is 47.6 Å². The van der Waals surface area contributed by atoms with Crippen LogP contribution in [0.4, 0.5) is 0 Å². The highest BCUT2D eigenvalue weighted by molar-refractivity contribution is 8.69. The maximum atomic E-state index is 12.0. The highest BCUT2D eigenvalue weighted by Crippen LogP contribution is 2.36. The van der Waals surface area contributed by atoms with Crippen molar-refractivity contribution in [2.45, 2.75) is 71.3 Å². The number of unbranched alkanes of at least 4 members (excludes halogenated alkanes) is 2. The fraction of sp³-hybridized carbons (Fsp3) is 0.650. The Morgan fingerprint density at radius 3 is 2.58 bits per heavy atom. The van der Waals surface area contributed by atoms with Crippen LogP contribution in [0.2, 0.25) is 0 Å². The second-order valence-electron chi connectivity index (χ2n) is 7.35. The lowest BCUT2D eigenvalue weighted by Crippen LogP contribution is -2.23. The molecular formula is C20H33NO3S2. The van der Waals surface area contributed by atoms with Gasteiger partial charge in [-0.1, -0.05) is 50.0 Å². The van der Waals surface area contributed by atoms with Gasteiger partial charge in [-0.2, -0.15) is 0 Å². The maximum Gasteiger partial charge on any atom is 0.220 e. The third-order valence-electron chi connectivity index (χ3n) is 3.98. The minimum absolute atomic E-state index is 0.0986. The highest BCUT2D eigenvalue weighted by Gasteiger charge is 2.21. The Hall–Kier alpha value is -1.01.